The fraction of sp³-hybridized carbons (Fsp3) is 0.923. The lowest BCUT2D eigenvalue weighted by Crippen LogP contribution is -2.47. The van der Waals surface area contributed by atoms with Crippen LogP contribution >= 0.6 is 12.2 Å². The summed E-state index contributed by atoms with van der Waals surface area (Å²) in [6.07, 6.45) is 5.42. The molecule has 2 fully saturated rings. The van der Waals surface area contributed by atoms with Crippen molar-refractivity contribution in [3.8, 4) is 0 Å². The molecule has 0 aromatic rings. The molecule has 0 aliphatic carbocycles. The molecule has 2 saturated heterocycles. The SMILES string of the molecule is CC(C(N)=S)N1CCC(CN2CCCC2)CC1. The maximum absolute atomic E-state index is 5.72. The third kappa shape index (κ3) is 3.63. The van der Waals surface area contributed by atoms with Gasteiger partial charge in [-0.3, -0.25) is 4.90 Å². The van der Waals surface area contributed by atoms with Crippen molar-refractivity contribution in [2.24, 2.45) is 11.7 Å². The van der Waals surface area contributed by atoms with Gasteiger partial charge in [0.1, 0.15) is 0 Å². The standard InChI is InChI=1S/C13H25N3S/c1-11(13(14)17)16-8-4-12(5-9-16)10-15-6-2-3-7-15/h11-12H,2-10H2,1H3,(H2,14,17). The minimum Gasteiger partial charge on any atom is -0.392 e. The number of likely N-dealkylation sites (tertiary alicyclic amines) is 2. The van der Waals surface area contributed by atoms with Gasteiger partial charge in [-0.1, -0.05) is 12.2 Å². The van der Waals surface area contributed by atoms with Gasteiger partial charge in [0.05, 0.1) is 11.0 Å². The van der Waals surface area contributed by atoms with Crippen LogP contribution in [0.3, 0.4) is 0 Å². The van der Waals surface area contributed by atoms with E-state index < -0.39 is 0 Å². The molecular formula is C13H25N3S. The van der Waals surface area contributed by atoms with Gasteiger partial charge in [-0.2, -0.15) is 0 Å². The van der Waals surface area contributed by atoms with Crippen LogP contribution in [0.25, 0.3) is 0 Å². The Balaban J connectivity index is 1.72. The Morgan fingerprint density at radius 3 is 2.35 bits per heavy atom. The second-order valence-corrected chi connectivity index (χ2v) is 6.04. The van der Waals surface area contributed by atoms with Gasteiger partial charge in [-0.25, -0.2) is 0 Å². The van der Waals surface area contributed by atoms with Gasteiger partial charge < -0.3 is 10.6 Å². The van der Waals surface area contributed by atoms with Crippen molar-refractivity contribution in [1.29, 1.82) is 0 Å². The number of nitrogens with two attached hydrogens (primary N) is 1. The summed E-state index contributed by atoms with van der Waals surface area (Å²) in [5.41, 5.74) is 5.72. The molecule has 0 bridgehead atoms. The van der Waals surface area contributed by atoms with E-state index in [1.807, 2.05) is 0 Å². The molecule has 2 aliphatic heterocycles. The van der Waals surface area contributed by atoms with Crippen molar-refractivity contribution in [3.05, 3.63) is 0 Å². The Hall–Kier alpha value is -0.190. The maximum Gasteiger partial charge on any atom is 0.0899 e. The number of piperidine rings is 1. The van der Waals surface area contributed by atoms with Gasteiger partial charge in [0.25, 0.3) is 0 Å². The molecule has 0 amide bonds. The minimum atomic E-state index is 0.276. The van der Waals surface area contributed by atoms with E-state index in [-0.39, 0.29) is 6.04 Å². The Morgan fingerprint density at radius 1 is 1.24 bits per heavy atom. The Kier molecular flexibility index (Phi) is 4.77. The summed E-state index contributed by atoms with van der Waals surface area (Å²) in [5.74, 6) is 0.892. The monoisotopic (exact) mass is 255 g/mol. The Bertz CT molecular complexity index is 255. The molecule has 1 unspecified atom stereocenters. The summed E-state index contributed by atoms with van der Waals surface area (Å²) in [5, 5.41) is 0. The first-order valence-corrected chi connectivity index (χ1v) is 7.33. The first-order valence-electron chi connectivity index (χ1n) is 6.92. The Labute approximate surface area is 110 Å². The predicted octanol–water partition coefficient (Wildman–Crippen LogP) is 1.47. The fourth-order valence-corrected chi connectivity index (χ4v) is 3.18. The lowest BCUT2D eigenvalue weighted by atomic mass is 9.95. The molecule has 2 aliphatic rings. The molecule has 2 heterocycles. The fourth-order valence-electron chi connectivity index (χ4n) is 3.03. The summed E-state index contributed by atoms with van der Waals surface area (Å²) >= 11 is 5.07. The molecule has 17 heavy (non-hydrogen) atoms. The van der Waals surface area contributed by atoms with Crippen LogP contribution in [0.2, 0.25) is 0 Å². The topological polar surface area (TPSA) is 32.5 Å². The van der Waals surface area contributed by atoms with E-state index in [1.54, 1.807) is 0 Å². The molecule has 0 aromatic carbocycles. The smallest absolute Gasteiger partial charge is 0.0899 e. The minimum absolute atomic E-state index is 0.276. The highest BCUT2D eigenvalue weighted by Crippen LogP contribution is 2.21. The quantitative estimate of drug-likeness (QED) is 0.771. The van der Waals surface area contributed by atoms with Crippen molar-refractivity contribution in [2.45, 2.75) is 38.6 Å². The summed E-state index contributed by atoms with van der Waals surface area (Å²) in [6, 6.07) is 0.276. The molecule has 4 heteroatoms. The van der Waals surface area contributed by atoms with Gasteiger partial charge in [0.15, 0.2) is 0 Å². The summed E-state index contributed by atoms with van der Waals surface area (Å²) in [7, 11) is 0. The average Bonchev–Trinajstić information content (AvgIpc) is 2.82. The Morgan fingerprint density at radius 2 is 1.82 bits per heavy atom. The average molecular weight is 255 g/mol. The number of hydrogen-bond acceptors (Lipinski definition) is 3. The van der Waals surface area contributed by atoms with Crippen LogP contribution in [0.1, 0.15) is 32.6 Å². The van der Waals surface area contributed by atoms with Crippen molar-refractivity contribution >= 4 is 17.2 Å². The molecule has 0 spiro atoms. The van der Waals surface area contributed by atoms with Crippen LogP contribution in [0, 0.1) is 5.92 Å². The second-order valence-electron chi connectivity index (χ2n) is 5.57. The zero-order chi connectivity index (χ0) is 12.3. The molecule has 0 saturated carbocycles. The summed E-state index contributed by atoms with van der Waals surface area (Å²) in [6.45, 7) is 8.42. The number of hydrogen-bond donors (Lipinski definition) is 1. The first kappa shape index (κ1) is 13.2. The van der Waals surface area contributed by atoms with Gasteiger partial charge >= 0.3 is 0 Å². The molecular weight excluding hydrogens is 230 g/mol. The molecule has 98 valence electrons. The molecule has 0 radical (unpaired) electrons. The van der Waals surface area contributed by atoms with Gasteiger partial charge in [0.2, 0.25) is 0 Å². The normalized spacial score (nSPS) is 26.2. The van der Waals surface area contributed by atoms with E-state index in [4.69, 9.17) is 18.0 Å². The second kappa shape index (κ2) is 6.12. The highest BCUT2D eigenvalue weighted by Gasteiger charge is 2.25. The van der Waals surface area contributed by atoms with Gasteiger partial charge in [0, 0.05) is 6.54 Å². The van der Waals surface area contributed by atoms with Crippen molar-refractivity contribution in [2.75, 3.05) is 32.7 Å². The van der Waals surface area contributed by atoms with E-state index >= 15 is 0 Å². The molecule has 2 N–H and O–H groups in total. The molecule has 2 rings (SSSR count). The molecule has 1 atom stereocenters. The number of nitrogens with zero attached hydrogens (tertiary/aromatic N) is 2. The third-order valence-corrected chi connectivity index (χ3v) is 4.66. The molecule has 0 aromatic heterocycles. The van der Waals surface area contributed by atoms with E-state index in [2.05, 4.69) is 16.7 Å². The highest BCUT2D eigenvalue weighted by molar-refractivity contribution is 7.80. The van der Waals surface area contributed by atoms with Crippen LogP contribution in [-0.2, 0) is 0 Å². The predicted molar refractivity (Wildman–Crippen MR) is 76.2 cm³/mol. The van der Waals surface area contributed by atoms with E-state index in [9.17, 15) is 0 Å². The lowest BCUT2D eigenvalue weighted by molar-refractivity contribution is 0.144. The van der Waals surface area contributed by atoms with E-state index in [1.165, 1.54) is 45.3 Å². The van der Waals surface area contributed by atoms with E-state index in [0.717, 1.165) is 19.0 Å². The largest absolute Gasteiger partial charge is 0.392 e. The first-order chi connectivity index (χ1) is 8.16. The summed E-state index contributed by atoms with van der Waals surface area (Å²) < 4.78 is 0. The van der Waals surface area contributed by atoms with Crippen LogP contribution in [0.15, 0.2) is 0 Å². The van der Waals surface area contributed by atoms with Crippen molar-refractivity contribution in [1.82, 2.24) is 9.80 Å². The molecule has 3 nitrogen and oxygen atoms in total. The summed E-state index contributed by atoms with van der Waals surface area (Å²) in [4.78, 5) is 5.71. The third-order valence-electron chi connectivity index (χ3n) is 4.32. The van der Waals surface area contributed by atoms with Gasteiger partial charge in [-0.05, 0) is 64.7 Å². The van der Waals surface area contributed by atoms with Crippen molar-refractivity contribution < 1.29 is 0 Å². The van der Waals surface area contributed by atoms with E-state index in [0.29, 0.717) is 4.99 Å². The zero-order valence-corrected chi connectivity index (χ0v) is 11.7. The van der Waals surface area contributed by atoms with Crippen LogP contribution in [0.5, 0.6) is 0 Å². The lowest BCUT2D eigenvalue weighted by Gasteiger charge is -2.36. The maximum atomic E-state index is 5.72. The number of rotatable bonds is 4. The van der Waals surface area contributed by atoms with Crippen LogP contribution in [-0.4, -0.2) is 53.6 Å². The van der Waals surface area contributed by atoms with Crippen molar-refractivity contribution in [3.63, 3.8) is 0 Å². The number of thiocarbonyl (C=S) groups is 1. The van der Waals surface area contributed by atoms with Crippen LogP contribution < -0.4 is 5.73 Å². The van der Waals surface area contributed by atoms with Crippen LogP contribution in [0.4, 0.5) is 0 Å². The highest BCUT2D eigenvalue weighted by atomic mass is 32.1. The van der Waals surface area contributed by atoms with Gasteiger partial charge in [-0.15, -0.1) is 0 Å². The zero-order valence-electron chi connectivity index (χ0n) is 10.9.